The van der Waals surface area contributed by atoms with E-state index in [1.54, 1.807) is 0 Å². The van der Waals surface area contributed by atoms with Crippen LogP contribution in [0.3, 0.4) is 0 Å². The highest BCUT2D eigenvalue weighted by Gasteiger charge is 2.18. The number of anilines is 3. The third kappa shape index (κ3) is 4.68. The van der Waals surface area contributed by atoms with Gasteiger partial charge in [0.15, 0.2) is 0 Å². The lowest BCUT2D eigenvalue weighted by molar-refractivity contribution is 0.667. The first-order valence-electron chi connectivity index (χ1n) is 14.4. The molecular formula is C40H26BrNO. The number of furan rings is 1. The van der Waals surface area contributed by atoms with Gasteiger partial charge in [0.25, 0.3) is 0 Å². The Morgan fingerprint density at radius 3 is 1.74 bits per heavy atom. The van der Waals surface area contributed by atoms with Crippen LogP contribution in [0.2, 0.25) is 0 Å². The van der Waals surface area contributed by atoms with E-state index in [1.165, 1.54) is 33.0 Å². The van der Waals surface area contributed by atoms with Crippen molar-refractivity contribution in [1.29, 1.82) is 0 Å². The highest BCUT2D eigenvalue weighted by atomic mass is 79.9. The summed E-state index contributed by atoms with van der Waals surface area (Å²) in [6, 6.07) is 55.9. The number of benzene rings is 7. The zero-order valence-corrected chi connectivity index (χ0v) is 24.8. The molecule has 8 rings (SSSR count). The molecule has 0 saturated carbocycles. The molecule has 0 aliphatic rings. The minimum Gasteiger partial charge on any atom is -0.455 e. The van der Waals surface area contributed by atoms with E-state index in [9.17, 15) is 0 Å². The van der Waals surface area contributed by atoms with Gasteiger partial charge < -0.3 is 9.32 Å². The maximum Gasteiger partial charge on any atom is 0.149 e. The molecule has 8 aromatic rings. The van der Waals surface area contributed by atoms with Crippen molar-refractivity contribution >= 4 is 65.7 Å². The molecule has 1 aromatic heterocycles. The van der Waals surface area contributed by atoms with Gasteiger partial charge in [-0.25, -0.2) is 0 Å². The highest BCUT2D eigenvalue weighted by Crippen LogP contribution is 2.42. The minimum atomic E-state index is 0.857. The van der Waals surface area contributed by atoms with E-state index in [2.05, 4.69) is 166 Å². The van der Waals surface area contributed by atoms with Gasteiger partial charge in [0.1, 0.15) is 11.2 Å². The fourth-order valence-corrected chi connectivity index (χ4v) is 6.48. The number of nitrogens with zero attached hydrogens (tertiary/aromatic N) is 1. The Morgan fingerprint density at radius 1 is 0.419 bits per heavy atom. The van der Waals surface area contributed by atoms with E-state index >= 15 is 0 Å². The van der Waals surface area contributed by atoms with Gasteiger partial charge in [0.2, 0.25) is 0 Å². The van der Waals surface area contributed by atoms with Crippen molar-refractivity contribution < 1.29 is 4.42 Å². The Morgan fingerprint density at radius 2 is 1.00 bits per heavy atom. The van der Waals surface area contributed by atoms with Crippen LogP contribution in [0.4, 0.5) is 17.1 Å². The molecule has 204 valence electrons. The Hall–Kier alpha value is -5.12. The van der Waals surface area contributed by atoms with Crippen LogP contribution in [0, 0.1) is 0 Å². The summed E-state index contributed by atoms with van der Waals surface area (Å²) in [5.41, 5.74) is 9.74. The molecule has 0 amide bonds. The van der Waals surface area contributed by atoms with Crippen molar-refractivity contribution in [3.63, 3.8) is 0 Å². The van der Waals surface area contributed by atoms with Crippen LogP contribution in [0.5, 0.6) is 0 Å². The van der Waals surface area contributed by atoms with Crippen molar-refractivity contribution in [1.82, 2.24) is 0 Å². The summed E-state index contributed by atoms with van der Waals surface area (Å²) < 4.78 is 7.15. The third-order valence-corrected chi connectivity index (χ3v) is 8.71. The summed E-state index contributed by atoms with van der Waals surface area (Å²) in [6.45, 7) is 0. The average molecular weight is 617 g/mol. The lowest BCUT2D eigenvalue weighted by atomic mass is 10.0. The number of halogens is 1. The van der Waals surface area contributed by atoms with Crippen molar-refractivity contribution in [3.8, 4) is 22.3 Å². The molecule has 7 aromatic carbocycles. The van der Waals surface area contributed by atoms with Gasteiger partial charge in [0, 0.05) is 27.8 Å². The van der Waals surface area contributed by atoms with E-state index < -0.39 is 0 Å². The van der Waals surface area contributed by atoms with Crippen LogP contribution >= 0.6 is 15.9 Å². The van der Waals surface area contributed by atoms with Crippen LogP contribution in [0.15, 0.2) is 167 Å². The van der Waals surface area contributed by atoms with Gasteiger partial charge in [-0.2, -0.15) is 0 Å². The van der Waals surface area contributed by atoms with Crippen LogP contribution in [0.1, 0.15) is 0 Å². The number of rotatable bonds is 5. The minimum absolute atomic E-state index is 0.857. The molecule has 2 nitrogen and oxygen atoms in total. The van der Waals surface area contributed by atoms with Crippen LogP contribution in [-0.2, 0) is 0 Å². The zero-order chi connectivity index (χ0) is 28.8. The molecule has 0 fully saturated rings. The average Bonchev–Trinajstić information content (AvgIpc) is 3.45. The molecule has 3 heteroatoms. The molecule has 0 radical (unpaired) electrons. The normalized spacial score (nSPS) is 11.4. The molecule has 0 aliphatic carbocycles. The Bertz CT molecular complexity index is 2230. The van der Waals surface area contributed by atoms with E-state index in [1.807, 2.05) is 12.1 Å². The maximum absolute atomic E-state index is 6.22. The van der Waals surface area contributed by atoms with Gasteiger partial charge >= 0.3 is 0 Å². The molecule has 43 heavy (non-hydrogen) atoms. The topological polar surface area (TPSA) is 16.4 Å². The summed E-state index contributed by atoms with van der Waals surface area (Å²) in [5, 5.41) is 4.68. The van der Waals surface area contributed by atoms with Crippen LogP contribution < -0.4 is 4.90 Å². The Balaban J connectivity index is 1.25. The van der Waals surface area contributed by atoms with Crippen LogP contribution in [-0.4, -0.2) is 0 Å². The summed E-state index contributed by atoms with van der Waals surface area (Å²) in [6.07, 6.45) is 0. The summed E-state index contributed by atoms with van der Waals surface area (Å²) in [7, 11) is 0. The van der Waals surface area contributed by atoms with E-state index in [0.717, 1.165) is 43.5 Å². The standard InChI is InChI=1S/C40H26BrNO/c41-38-26-35(25-37-36-12-6-7-13-39(36)43-40(37)38)42(33-20-16-29(17-21-33)27-8-2-1-3-9-27)34-22-18-30(19-23-34)32-15-14-28-10-4-5-11-31(28)24-32/h1-26H. The van der Waals surface area contributed by atoms with Crippen molar-refractivity contribution in [2.75, 3.05) is 4.90 Å². The molecule has 0 atom stereocenters. The summed E-state index contributed by atoms with van der Waals surface area (Å²) >= 11 is 3.82. The molecule has 0 saturated heterocycles. The predicted octanol–water partition coefficient (Wildman–Crippen LogP) is 12.3. The first kappa shape index (κ1) is 25.6. The maximum atomic E-state index is 6.22. The van der Waals surface area contributed by atoms with E-state index in [0.29, 0.717) is 0 Å². The summed E-state index contributed by atoms with van der Waals surface area (Å²) in [5.74, 6) is 0. The monoisotopic (exact) mass is 615 g/mol. The SMILES string of the molecule is Brc1cc(N(c2ccc(-c3ccccc3)cc2)c2ccc(-c3ccc4ccccc4c3)cc2)cc2c1oc1ccccc12. The Labute approximate surface area is 258 Å². The fraction of sp³-hybridized carbons (Fsp3) is 0. The quantitative estimate of drug-likeness (QED) is 0.191. The number of fused-ring (bicyclic) bond motifs is 4. The molecule has 0 N–H and O–H groups in total. The predicted molar refractivity (Wildman–Crippen MR) is 184 cm³/mol. The molecule has 1 heterocycles. The largest absolute Gasteiger partial charge is 0.455 e. The molecule has 0 bridgehead atoms. The van der Waals surface area contributed by atoms with Crippen molar-refractivity contribution in [3.05, 3.63) is 162 Å². The molecular weight excluding hydrogens is 590 g/mol. The second-order valence-electron chi connectivity index (χ2n) is 10.8. The smallest absolute Gasteiger partial charge is 0.149 e. The first-order valence-corrected chi connectivity index (χ1v) is 15.2. The summed E-state index contributed by atoms with van der Waals surface area (Å²) in [4.78, 5) is 2.31. The van der Waals surface area contributed by atoms with Gasteiger partial charge in [-0.1, -0.05) is 109 Å². The van der Waals surface area contributed by atoms with Crippen LogP contribution in [0.25, 0.3) is 55.0 Å². The zero-order valence-electron chi connectivity index (χ0n) is 23.2. The fourth-order valence-electron chi connectivity index (χ4n) is 5.95. The van der Waals surface area contributed by atoms with Gasteiger partial charge in [-0.15, -0.1) is 0 Å². The molecule has 0 unspecified atom stereocenters. The van der Waals surface area contributed by atoms with E-state index in [-0.39, 0.29) is 0 Å². The highest BCUT2D eigenvalue weighted by molar-refractivity contribution is 9.10. The lowest BCUT2D eigenvalue weighted by Gasteiger charge is -2.26. The first-order chi connectivity index (χ1) is 21.2. The van der Waals surface area contributed by atoms with Gasteiger partial charge in [-0.05, 0) is 97.5 Å². The van der Waals surface area contributed by atoms with Crippen molar-refractivity contribution in [2.45, 2.75) is 0 Å². The van der Waals surface area contributed by atoms with Gasteiger partial charge in [-0.3, -0.25) is 0 Å². The third-order valence-electron chi connectivity index (χ3n) is 8.12. The lowest BCUT2D eigenvalue weighted by Crippen LogP contribution is -2.10. The molecule has 0 spiro atoms. The van der Waals surface area contributed by atoms with Gasteiger partial charge in [0.05, 0.1) is 4.47 Å². The second-order valence-corrected chi connectivity index (χ2v) is 11.6. The second kappa shape index (κ2) is 10.6. The van der Waals surface area contributed by atoms with Crippen molar-refractivity contribution in [2.24, 2.45) is 0 Å². The number of hydrogen-bond donors (Lipinski definition) is 0. The molecule has 0 aliphatic heterocycles. The van der Waals surface area contributed by atoms with E-state index in [4.69, 9.17) is 4.42 Å². The Kier molecular flexibility index (Phi) is 6.31. The number of para-hydroxylation sites is 1. The number of hydrogen-bond acceptors (Lipinski definition) is 2.